The monoisotopic (exact) mass is 289 g/mol. The molecule has 3 nitrogen and oxygen atoms in total. The van der Waals surface area contributed by atoms with Crippen molar-refractivity contribution in [3.63, 3.8) is 0 Å². The second-order valence-corrected chi connectivity index (χ2v) is 3.97. The molecule has 0 aromatic heterocycles. The van der Waals surface area contributed by atoms with Crippen molar-refractivity contribution in [2.75, 3.05) is 0 Å². The molecule has 0 bridgehead atoms. The van der Waals surface area contributed by atoms with Crippen LogP contribution >= 0.6 is 15.9 Å². The minimum absolute atomic E-state index is 0.226. The SMILES string of the molecule is CC.O=C1NC(O)C(F)c2ccc(Br)cc21. The van der Waals surface area contributed by atoms with E-state index in [-0.39, 0.29) is 11.1 Å². The number of nitrogens with one attached hydrogen (secondary N) is 1. The minimum Gasteiger partial charge on any atom is -0.370 e. The van der Waals surface area contributed by atoms with Crippen LogP contribution in [0.3, 0.4) is 0 Å². The molecule has 1 aliphatic rings. The van der Waals surface area contributed by atoms with Gasteiger partial charge in [-0.1, -0.05) is 35.8 Å². The lowest BCUT2D eigenvalue weighted by Gasteiger charge is -2.25. The third-order valence-corrected chi connectivity index (χ3v) is 2.61. The van der Waals surface area contributed by atoms with E-state index < -0.39 is 18.3 Å². The molecule has 1 aliphatic heterocycles. The summed E-state index contributed by atoms with van der Waals surface area (Å²) in [5, 5.41) is 11.3. The molecule has 0 radical (unpaired) electrons. The summed E-state index contributed by atoms with van der Waals surface area (Å²) in [6, 6.07) is 4.66. The normalized spacial score (nSPS) is 22.7. The van der Waals surface area contributed by atoms with Gasteiger partial charge in [-0.2, -0.15) is 0 Å². The van der Waals surface area contributed by atoms with Gasteiger partial charge in [0.25, 0.3) is 5.91 Å². The van der Waals surface area contributed by atoms with E-state index in [0.29, 0.717) is 4.47 Å². The number of halogens is 2. The Hall–Kier alpha value is -0.940. The molecule has 2 unspecified atom stereocenters. The second kappa shape index (κ2) is 5.41. The molecular formula is C11H13BrFNO2. The minimum atomic E-state index is -1.56. The van der Waals surface area contributed by atoms with Crippen LogP contribution in [-0.4, -0.2) is 17.2 Å². The number of benzene rings is 1. The Balaban J connectivity index is 0.000000606. The van der Waals surface area contributed by atoms with Crippen LogP contribution in [0, 0.1) is 0 Å². The van der Waals surface area contributed by atoms with Gasteiger partial charge in [0, 0.05) is 15.6 Å². The Morgan fingerprint density at radius 2 is 2.06 bits per heavy atom. The van der Waals surface area contributed by atoms with Gasteiger partial charge in [0.1, 0.15) is 0 Å². The van der Waals surface area contributed by atoms with Crippen molar-refractivity contribution < 1.29 is 14.3 Å². The number of hydrogen-bond acceptors (Lipinski definition) is 2. The Morgan fingerprint density at radius 3 is 2.69 bits per heavy atom. The molecule has 88 valence electrons. The summed E-state index contributed by atoms with van der Waals surface area (Å²) < 4.78 is 14.1. The van der Waals surface area contributed by atoms with Crippen molar-refractivity contribution in [3.05, 3.63) is 33.8 Å². The van der Waals surface area contributed by atoms with Crippen LogP contribution in [0.1, 0.15) is 35.9 Å². The average molecular weight is 290 g/mol. The highest BCUT2D eigenvalue weighted by molar-refractivity contribution is 9.10. The largest absolute Gasteiger partial charge is 0.370 e. The zero-order valence-electron chi connectivity index (χ0n) is 9.00. The van der Waals surface area contributed by atoms with E-state index in [2.05, 4.69) is 21.2 Å². The van der Waals surface area contributed by atoms with Gasteiger partial charge in [-0.3, -0.25) is 4.79 Å². The molecule has 0 aliphatic carbocycles. The van der Waals surface area contributed by atoms with Crippen LogP contribution < -0.4 is 5.32 Å². The summed E-state index contributed by atoms with van der Waals surface area (Å²) in [5.74, 6) is -0.456. The topological polar surface area (TPSA) is 49.3 Å². The number of aliphatic hydroxyl groups excluding tert-OH is 1. The quantitative estimate of drug-likeness (QED) is 0.771. The number of carbonyl (C=O) groups excluding carboxylic acids is 1. The first kappa shape index (κ1) is 13.1. The summed E-state index contributed by atoms with van der Waals surface area (Å²) in [7, 11) is 0. The van der Waals surface area contributed by atoms with E-state index in [1.165, 1.54) is 12.1 Å². The van der Waals surface area contributed by atoms with E-state index in [4.69, 9.17) is 5.11 Å². The first-order valence-corrected chi connectivity index (χ1v) is 5.81. The molecule has 0 saturated heterocycles. The molecular weight excluding hydrogens is 277 g/mol. The molecule has 1 aromatic carbocycles. The molecule has 2 rings (SSSR count). The highest BCUT2D eigenvalue weighted by atomic mass is 79.9. The van der Waals surface area contributed by atoms with Gasteiger partial charge in [-0.15, -0.1) is 0 Å². The van der Waals surface area contributed by atoms with Crippen LogP contribution in [0.25, 0.3) is 0 Å². The van der Waals surface area contributed by atoms with Gasteiger partial charge >= 0.3 is 0 Å². The maximum atomic E-state index is 13.4. The van der Waals surface area contributed by atoms with Gasteiger partial charge in [-0.05, 0) is 12.1 Å². The fourth-order valence-electron chi connectivity index (χ4n) is 1.42. The molecule has 5 heteroatoms. The van der Waals surface area contributed by atoms with Crippen LogP contribution in [0.4, 0.5) is 4.39 Å². The van der Waals surface area contributed by atoms with E-state index in [9.17, 15) is 9.18 Å². The fourth-order valence-corrected chi connectivity index (χ4v) is 1.78. The van der Waals surface area contributed by atoms with Gasteiger partial charge in [0.15, 0.2) is 12.4 Å². The number of carbonyl (C=O) groups is 1. The van der Waals surface area contributed by atoms with Gasteiger partial charge in [0.2, 0.25) is 0 Å². The zero-order chi connectivity index (χ0) is 12.3. The maximum absolute atomic E-state index is 13.4. The van der Waals surface area contributed by atoms with Crippen LogP contribution in [0.5, 0.6) is 0 Å². The van der Waals surface area contributed by atoms with Crippen molar-refractivity contribution in [1.82, 2.24) is 5.32 Å². The van der Waals surface area contributed by atoms with E-state index in [0.717, 1.165) is 0 Å². The smallest absolute Gasteiger partial charge is 0.253 e. The Bertz CT molecular complexity index is 398. The molecule has 16 heavy (non-hydrogen) atoms. The standard InChI is InChI=1S/C9H7BrFNO2.C2H6/c10-4-1-2-5-6(3-4)8(13)12-9(14)7(5)11;1-2/h1-3,7,9,14H,(H,12,13);1-2H3. The summed E-state index contributed by atoms with van der Waals surface area (Å²) in [6.07, 6.45) is -3.01. The van der Waals surface area contributed by atoms with E-state index in [1.807, 2.05) is 13.8 Å². The van der Waals surface area contributed by atoms with Crippen molar-refractivity contribution in [1.29, 1.82) is 0 Å². The number of amides is 1. The lowest BCUT2D eigenvalue weighted by atomic mass is 9.98. The molecule has 2 atom stereocenters. The van der Waals surface area contributed by atoms with Crippen LogP contribution in [-0.2, 0) is 0 Å². The predicted octanol–water partition coefficient (Wildman–Crippen LogP) is 2.55. The molecule has 1 aromatic rings. The number of rotatable bonds is 0. The lowest BCUT2D eigenvalue weighted by Crippen LogP contribution is -2.42. The molecule has 0 spiro atoms. The average Bonchev–Trinajstić information content (AvgIpc) is 2.29. The highest BCUT2D eigenvalue weighted by Gasteiger charge is 2.32. The fraction of sp³-hybridized carbons (Fsp3) is 0.364. The number of fused-ring (bicyclic) bond motifs is 1. The first-order chi connectivity index (χ1) is 7.59. The molecule has 2 N–H and O–H groups in total. The number of hydrogen-bond donors (Lipinski definition) is 2. The molecule has 0 fully saturated rings. The van der Waals surface area contributed by atoms with Gasteiger partial charge in [0.05, 0.1) is 0 Å². The summed E-state index contributed by atoms with van der Waals surface area (Å²) >= 11 is 3.19. The third-order valence-electron chi connectivity index (χ3n) is 2.11. The van der Waals surface area contributed by atoms with Crippen molar-refractivity contribution in [2.24, 2.45) is 0 Å². The summed E-state index contributed by atoms with van der Waals surface area (Å²) in [6.45, 7) is 4.00. The van der Waals surface area contributed by atoms with Crippen molar-refractivity contribution in [3.8, 4) is 0 Å². The summed E-state index contributed by atoms with van der Waals surface area (Å²) in [5.41, 5.74) is 0.488. The third kappa shape index (κ3) is 2.41. The Kier molecular flexibility index (Phi) is 4.44. The number of alkyl halides is 1. The second-order valence-electron chi connectivity index (χ2n) is 3.05. The Morgan fingerprint density at radius 1 is 1.44 bits per heavy atom. The van der Waals surface area contributed by atoms with Crippen molar-refractivity contribution >= 4 is 21.8 Å². The zero-order valence-corrected chi connectivity index (χ0v) is 10.6. The Labute approximate surface area is 102 Å². The molecule has 0 saturated carbocycles. The van der Waals surface area contributed by atoms with E-state index in [1.54, 1.807) is 6.07 Å². The van der Waals surface area contributed by atoms with Crippen LogP contribution in [0.15, 0.2) is 22.7 Å². The first-order valence-electron chi connectivity index (χ1n) is 5.02. The van der Waals surface area contributed by atoms with Gasteiger partial charge in [-0.25, -0.2) is 4.39 Å². The lowest BCUT2D eigenvalue weighted by molar-refractivity contribution is 0.0350. The van der Waals surface area contributed by atoms with Crippen molar-refractivity contribution in [2.45, 2.75) is 26.2 Å². The molecule has 1 heterocycles. The highest BCUT2D eigenvalue weighted by Crippen LogP contribution is 2.30. The molecule has 1 amide bonds. The predicted molar refractivity (Wildman–Crippen MR) is 62.8 cm³/mol. The van der Waals surface area contributed by atoms with Crippen LogP contribution in [0.2, 0.25) is 0 Å². The number of aliphatic hydroxyl groups is 1. The van der Waals surface area contributed by atoms with E-state index >= 15 is 0 Å². The van der Waals surface area contributed by atoms with Gasteiger partial charge < -0.3 is 10.4 Å². The summed E-state index contributed by atoms with van der Waals surface area (Å²) in [4.78, 5) is 11.3. The maximum Gasteiger partial charge on any atom is 0.253 e.